The van der Waals surface area contributed by atoms with Gasteiger partial charge < -0.3 is 10.2 Å². The molecule has 7 nitrogen and oxygen atoms in total. The molecule has 4 aromatic rings. The number of nitrogens with zero attached hydrogens (tertiary/aromatic N) is 2. The summed E-state index contributed by atoms with van der Waals surface area (Å²) in [6.07, 6.45) is 0.958. The number of para-hydroxylation sites is 1. The van der Waals surface area contributed by atoms with Gasteiger partial charge in [0.15, 0.2) is 0 Å². The lowest BCUT2D eigenvalue weighted by atomic mass is 10.0. The molecule has 0 unspecified atom stereocenters. The van der Waals surface area contributed by atoms with Gasteiger partial charge in [0, 0.05) is 24.5 Å². The fourth-order valence-electron chi connectivity index (χ4n) is 4.92. The van der Waals surface area contributed by atoms with Crippen LogP contribution >= 0.6 is 11.6 Å². The molecule has 1 N–H and O–H groups in total. The highest BCUT2D eigenvalue weighted by atomic mass is 35.5. The van der Waals surface area contributed by atoms with Gasteiger partial charge in [0.1, 0.15) is 12.6 Å². The molecule has 0 bridgehead atoms. The van der Waals surface area contributed by atoms with Gasteiger partial charge in [-0.15, -0.1) is 0 Å². The van der Waals surface area contributed by atoms with E-state index in [-0.39, 0.29) is 23.8 Å². The van der Waals surface area contributed by atoms with Crippen LogP contribution < -0.4 is 9.62 Å². The Hall–Kier alpha value is -4.14. The fraction of sp³-hybridized carbons (Fsp3) is 0.257. The highest BCUT2D eigenvalue weighted by molar-refractivity contribution is 7.92. The number of sulfonamides is 1. The van der Waals surface area contributed by atoms with Crippen LogP contribution in [0.1, 0.15) is 35.6 Å². The summed E-state index contributed by atoms with van der Waals surface area (Å²) in [5, 5.41) is 3.39. The Balaban J connectivity index is 1.81. The predicted molar refractivity (Wildman–Crippen MR) is 176 cm³/mol. The van der Waals surface area contributed by atoms with Crippen molar-refractivity contribution >= 4 is 39.1 Å². The number of rotatable bonds is 13. The summed E-state index contributed by atoms with van der Waals surface area (Å²) in [4.78, 5) is 29.7. The maximum absolute atomic E-state index is 14.5. The zero-order valence-corrected chi connectivity index (χ0v) is 26.8. The third kappa shape index (κ3) is 8.07. The second-order valence-electron chi connectivity index (χ2n) is 10.7. The van der Waals surface area contributed by atoms with Gasteiger partial charge in [0.05, 0.1) is 10.6 Å². The number of halogens is 1. The molecule has 0 aliphatic rings. The van der Waals surface area contributed by atoms with E-state index in [1.165, 1.54) is 4.90 Å². The van der Waals surface area contributed by atoms with Crippen LogP contribution in [0.2, 0.25) is 5.02 Å². The van der Waals surface area contributed by atoms with E-state index in [4.69, 9.17) is 11.6 Å². The van der Waals surface area contributed by atoms with Crippen molar-refractivity contribution < 1.29 is 18.0 Å². The van der Waals surface area contributed by atoms with Crippen LogP contribution in [-0.4, -0.2) is 44.3 Å². The van der Waals surface area contributed by atoms with Gasteiger partial charge in [0.2, 0.25) is 11.8 Å². The summed E-state index contributed by atoms with van der Waals surface area (Å²) in [5.41, 5.74) is 3.50. The molecule has 44 heavy (non-hydrogen) atoms. The summed E-state index contributed by atoms with van der Waals surface area (Å²) in [5.74, 6) is -0.851. The Bertz CT molecular complexity index is 1680. The number of nitrogens with one attached hydrogen (secondary N) is 1. The molecule has 0 fully saturated rings. The normalized spacial score (nSPS) is 11.9. The van der Waals surface area contributed by atoms with Crippen LogP contribution in [-0.2, 0) is 32.6 Å². The molecule has 230 valence electrons. The molecule has 0 spiro atoms. The molecular weight excluding hydrogens is 594 g/mol. The quantitative estimate of drug-likeness (QED) is 0.187. The van der Waals surface area contributed by atoms with Crippen molar-refractivity contribution in [2.24, 2.45) is 0 Å². The van der Waals surface area contributed by atoms with Gasteiger partial charge in [-0.25, -0.2) is 8.42 Å². The second-order valence-corrected chi connectivity index (χ2v) is 13.0. The van der Waals surface area contributed by atoms with Gasteiger partial charge in [-0.2, -0.15) is 0 Å². The number of hydrogen-bond acceptors (Lipinski definition) is 4. The number of benzene rings is 4. The highest BCUT2D eigenvalue weighted by Gasteiger charge is 2.35. The van der Waals surface area contributed by atoms with E-state index in [1.54, 1.807) is 67.6 Å². The molecule has 0 radical (unpaired) electrons. The Morgan fingerprint density at radius 2 is 1.48 bits per heavy atom. The fourth-order valence-corrected chi connectivity index (χ4v) is 6.60. The van der Waals surface area contributed by atoms with Crippen molar-refractivity contribution in [2.45, 2.75) is 51.1 Å². The molecule has 4 rings (SSSR count). The Kier molecular flexibility index (Phi) is 11.2. The maximum atomic E-state index is 14.5. The summed E-state index contributed by atoms with van der Waals surface area (Å²) in [6.45, 7) is 5.57. The number of aryl methyl sites for hydroxylation is 2. The molecule has 4 aromatic carbocycles. The highest BCUT2D eigenvalue weighted by Crippen LogP contribution is 2.28. The standard InChI is InChI=1S/C35H38ClN3O4S/c1-4-22-37-35(41)33(23-28-13-6-5-7-14-28)38(24-29-15-9-10-16-31(29)36)34(40)25-39(32-17-11-8-12-27(32)3)44(42,43)30-20-18-26(2)19-21-30/h5-21,33H,4,22-25H2,1-3H3,(H,37,41)/t33-/m0/s1. The molecule has 0 aliphatic heterocycles. The summed E-state index contributed by atoms with van der Waals surface area (Å²) in [6, 6.07) is 29.2. The number of amides is 2. The number of hydrogen-bond donors (Lipinski definition) is 1. The van der Waals surface area contributed by atoms with Crippen LogP contribution in [0.3, 0.4) is 0 Å². The molecule has 0 aliphatic carbocycles. The third-order valence-corrected chi connectivity index (χ3v) is 9.53. The smallest absolute Gasteiger partial charge is 0.264 e. The van der Waals surface area contributed by atoms with Crippen LogP contribution in [0.15, 0.2) is 108 Å². The number of carbonyl (C=O) groups excluding carboxylic acids is 2. The predicted octanol–water partition coefficient (Wildman–Crippen LogP) is 6.32. The van der Waals surface area contributed by atoms with Crippen LogP contribution in [0.25, 0.3) is 0 Å². The molecule has 0 heterocycles. The molecule has 2 amide bonds. The zero-order valence-electron chi connectivity index (χ0n) is 25.2. The van der Waals surface area contributed by atoms with E-state index in [1.807, 2.05) is 56.3 Å². The van der Waals surface area contributed by atoms with E-state index in [2.05, 4.69) is 5.32 Å². The van der Waals surface area contributed by atoms with Crippen LogP contribution in [0.4, 0.5) is 5.69 Å². The first-order valence-electron chi connectivity index (χ1n) is 14.6. The molecular formula is C35H38ClN3O4S. The van der Waals surface area contributed by atoms with Crippen molar-refractivity contribution in [2.75, 3.05) is 17.4 Å². The summed E-state index contributed by atoms with van der Waals surface area (Å²) >= 11 is 6.54. The van der Waals surface area contributed by atoms with Gasteiger partial charge in [0.25, 0.3) is 10.0 Å². The summed E-state index contributed by atoms with van der Waals surface area (Å²) < 4.78 is 29.5. The number of carbonyl (C=O) groups is 2. The van der Waals surface area contributed by atoms with E-state index in [0.717, 1.165) is 21.9 Å². The van der Waals surface area contributed by atoms with Crippen molar-refractivity contribution in [3.63, 3.8) is 0 Å². The first-order valence-corrected chi connectivity index (χ1v) is 16.4. The zero-order chi connectivity index (χ0) is 31.7. The Labute approximate surface area is 265 Å². The van der Waals surface area contributed by atoms with Gasteiger partial charge in [-0.1, -0.05) is 103 Å². The van der Waals surface area contributed by atoms with Gasteiger partial charge in [-0.05, 0) is 61.2 Å². The molecule has 1 atom stereocenters. The van der Waals surface area contributed by atoms with Crippen molar-refractivity contribution in [1.29, 1.82) is 0 Å². The minimum atomic E-state index is -4.16. The van der Waals surface area contributed by atoms with Crippen molar-refractivity contribution in [3.05, 3.63) is 130 Å². The minimum Gasteiger partial charge on any atom is -0.354 e. The van der Waals surface area contributed by atoms with Crippen LogP contribution in [0.5, 0.6) is 0 Å². The molecule has 0 saturated heterocycles. The third-order valence-electron chi connectivity index (χ3n) is 7.39. The molecule has 0 aromatic heterocycles. The SMILES string of the molecule is CCCNC(=O)[C@H](Cc1ccccc1)N(Cc1ccccc1Cl)C(=O)CN(c1ccccc1C)S(=O)(=O)c1ccc(C)cc1. The lowest BCUT2D eigenvalue weighted by molar-refractivity contribution is -0.140. The van der Waals surface area contributed by atoms with Crippen molar-refractivity contribution in [3.8, 4) is 0 Å². The lowest BCUT2D eigenvalue weighted by Gasteiger charge is -2.34. The lowest BCUT2D eigenvalue weighted by Crippen LogP contribution is -2.53. The van der Waals surface area contributed by atoms with E-state index >= 15 is 0 Å². The van der Waals surface area contributed by atoms with Gasteiger partial charge >= 0.3 is 0 Å². The first kappa shape index (κ1) is 32.8. The molecule has 9 heteroatoms. The Morgan fingerprint density at radius 1 is 0.841 bits per heavy atom. The van der Waals surface area contributed by atoms with Gasteiger partial charge in [-0.3, -0.25) is 13.9 Å². The summed E-state index contributed by atoms with van der Waals surface area (Å²) in [7, 11) is -4.16. The maximum Gasteiger partial charge on any atom is 0.264 e. The molecule has 0 saturated carbocycles. The topological polar surface area (TPSA) is 86.8 Å². The largest absolute Gasteiger partial charge is 0.354 e. The van der Waals surface area contributed by atoms with E-state index < -0.39 is 28.5 Å². The average Bonchev–Trinajstić information content (AvgIpc) is 3.02. The average molecular weight is 632 g/mol. The minimum absolute atomic E-state index is 0.0156. The van der Waals surface area contributed by atoms with Crippen LogP contribution in [0, 0.1) is 13.8 Å². The monoisotopic (exact) mass is 631 g/mol. The van der Waals surface area contributed by atoms with Crippen molar-refractivity contribution in [1.82, 2.24) is 10.2 Å². The second kappa shape index (κ2) is 15.0. The number of anilines is 1. The van der Waals surface area contributed by atoms with E-state index in [9.17, 15) is 18.0 Å². The first-order chi connectivity index (χ1) is 21.1. The van der Waals surface area contributed by atoms with E-state index in [0.29, 0.717) is 28.4 Å². The Morgan fingerprint density at radius 3 is 2.14 bits per heavy atom.